The third-order valence-electron chi connectivity index (χ3n) is 6.47. The highest BCUT2D eigenvalue weighted by Gasteiger charge is 2.67. The first kappa shape index (κ1) is 21.2. The topological polar surface area (TPSA) is 88.5 Å². The number of aromatic nitrogens is 1. The van der Waals surface area contributed by atoms with Crippen LogP contribution in [0.5, 0.6) is 5.75 Å². The van der Waals surface area contributed by atoms with Crippen LogP contribution in [0.25, 0.3) is 10.9 Å². The molecule has 1 aliphatic heterocycles. The average molecular weight is 456 g/mol. The smallest absolute Gasteiger partial charge is 0.433 e. The number of carboxylic acid groups (broad SMARTS) is 1. The fourth-order valence-corrected chi connectivity index (χ4v) is 4.59. The number of fused-ring (bicyclic) bond motifs is 1. The van der Waals surface area contributed by atoms with Crippen LogP contribution in [-0.4, -0.2) is 22.0 Å². The van der Waals surface area contributed by atoms with Crippen molar-refractivity contribution in [3.63, 3.8) is 0 Å². The largest absolute Gasteiger partial charge is 0.489 e. The molecule has 9 heteroatoms. The monoisotopic (exact) mass is 456 g/mol. The normalized spacial score (nSPS) is 24.2. The third-order valence-corrected chi connectivity index (χ3v) is 6.47. The second kappa shape index (κ2) is 7.47. The standard InChI is InChI=1S/C24H19F3N2O4/c25-24(26,27)20-9-14(16-3-1-2-4-18(16)28-20)12-33-15-7-5-13(6-8-15)19-11-23(22(32)29-19)10-17(23)21(30)31/h1-9,17,19H,10-12H2,(H,29,32)(H,30,31)/t17-,19?,23-/m1/s1. The lowest BCUT2D eigenvalue weighted by atomic mass is 9.95. The summed E-state index contributed by atoms with van der Waals surface area (Å²) in [6.07, 6.45) is -3.79. The average Bonchev–Trinajstić information content (AvgIpc) is 3.43. The van der Waals surface area contributed by atoms with E-state index in [-0.39, 0.29) is 24.1 Å². The molecule has 33 heavy (non-hydrogen) atoms. The predicted octanol–water partition coefficient (Wildman–Crippen LogP) is 4.48. The summed E-state index contributed by atoms with van der Waals surface area (Å²) >= 11 is 0. The lowest BCUT2D eigenvalue weighted by molar-refractivity contribution is -0.141. The molecule has 2 heterocycles. The molecule has 2 aliphatic rings. The van der Waals surface area contributed by atoms with E-state index < -0.39 is 29.2 Å². The van der Waals surface area contributed by atoms with E-state index >= 15 is 0 Å². The van der Waals surface area contributed by atoms with Gasteiger partial charge in [-0.1, -0.05) is 30.3 Å². The number of rotatable bonds is 5. The van der Waals surface area contributed by atoms with Gasteiger partial charge in [-0.05, 0) is 42.7 Å². The van der Waals surface area contributed by atoms with Crippen LogP contribution in [0.3, 0.4) is 0 Å². The summed E-state index contributed by atoms with van der Waals surface area (Å²) in [4.78, 5) is 27.2. The number of carbonyl (C=O) groups is 2. The van der Waals surface area contributed by atoms with Gasteiger partial charge in [-0.15, -0.1) is 0 Å². The number of benzene rings is 2. The first-order valence-corrected chi connectivity index (χ1v) is 10.4. The quantitative estimate of drug-likeness (QED) is 0.591. The molecule has 170 valence electrons. The highest BCUT2D eigenvalue weighted by atomic mass is 19.4. The maximum atomic E-state index is 13.2. The van der Waals surface area contributed by atoms with Gasteiger partial charge in [0.25, 0.3) is 0 Å². The number of aliphatic carboxylic acids is 1. The number of hydrogen-bond acceptors (Lipinski definition) is 4. The Hall–Kier alpha value is -3.62. The SMILES string of the molecule is O=C(O)[C@H]1C[C@@]12CC(c1ccc(OCc3cc(C(F)(F)F)nc4ccccc34)cc1)NC2=O. The molecule has 1 saturated carbocycles. The van der Waals surface area contributed by atoms with Crippen molar-refractivity contribution >= 4 is 22.8 Å². The van der Waals surface area contributed by atoms with Crippen molar-refractivity contribution in [1.29, 1.82) is 0 Å². The van der Waals surface area contributed by atoms with Crippen molar-refractivity contribution in [3.05, 3.63) is 71.4 Å². The maximum absolute atomic E-state index is 13.2. The summed E-state index contributed by atoms with van der Waals surface area (Å²) in [7, 11) is 0. The van der Waals surface area contributed by atoms with Crippen molar-refractivity contribution in [2.45, 2.75) is 31.7 Å². The molecule has 6 nitrogen and oxygen atoms in total. The Bertz CT molecular complexity index is 1260. The number of hydrogen-bond donors (Lipinski definition) is 2. The summed E-state index contributed by atoms with van der Waals surface area (Å²) < 4.78 is 45.5. The summed E-state index contributed by atoms with van der Waals surface area (Å²) in [5.41, 5.74) is -0.356. The van der Waals surface area contributed by atoms with Crippen LogP contribution < -0.4 is 10.1 Å². The summed E-state index contributed by atoms with van der Waals surface area (Å²) in [6.45, 7) is -0.0744. The predicted molar refractivity (Wildman–Crippen MR) is 111 cm³/mol. The molecule has 0 radical (unpaired) electrons. The highest BCUT2D eigenvalue weighted by Crippen LogP contribution is 2.60. The molecule has 1 unspecified atom stereocenters. The van der Waals surface area contributed by atoms with Crippen LogP contribution in [0.4, 0.5) is 13.2 Å². The van der Waals surface area contributed by atoms with Crippen molar-refractivity contribution < 1.29 is 32.6 Å². The maximum Gasteiger partial charge on any atom is 0.433 e. The molecule has 5 rings (SSSR count). The molecule has 1 saturated heterocycles. The first-order chi connectivity index (χ1) is 15.7. The second-order valence-corrected chi connectivity index (χ2v) is 8.52. The van der Waals surface area contributed by atoms with Gasteiger partial charge < -0.3 is 15.2 Å². The Morgan fingerprint density at radius 3 is 2.55 bits per heavy atom. The fourth-order valence-electron chi connectivity index (χ4n) is 4.59. The van der Waals surface area contributed by atoms with E-state index in [2.05, 4.69) is 10.3 Å². The van der Waals surface area contributed by atoms with Gasteiger partial charge in [0, 0.05) is 10.9 Å². The first-order valence-electron chi connectivity index (χ1n) is 10.4. The van der Waals surface area contributed by atoms with Crippen LogP contribution in [0.1, 0.15) is 35.7 Å². The van der Waals surface area contributed by atoms with Gasteiger partial charge in [0.15, 0.2) is 0 Å². The van der Waals surface area contributed by atoms with Crippen molar-refractivity contribution in [2.24, 2.45) is 11.3 Å². The van der Waals surface area contributed by atoms with Gasteiger partial charge in [-0.3, -0.25) is 9.59 Å². The molecule has 1 aliphatic carbocycles. The molecule has 3 atom stereocenters. The number of para-hydroxylation sites is 1. The number of nitrogens with one attached hydrogen (secondary N) is 1. The minimum atomic E-state index is -4.56. The third kappa shape index (κ3) is 3.77. The van der Waals surface area contributed by atoms with E-state index in [4.69, 9.17) is 4.74 Å². The summed E-state index contributed by atoms with van der Waals surface area (Å²) in [5, 5.41) is 12.7. The number of ether oxygens (including phenoxy) is 1. The second-order valence-electron chi connectivity index (χ2n) is 8.52. The van der Waals surface area contributed by atoms with E-state index in [0.29, 0.717) is 29.5 Å². The molecule has 0 bridgehead atoms. The minimum Gasteiger partial charge on any atom is -0.489 e. The van der Waals surface area contributed by atoms with Crippen molar-refractivity contribution in [3.8, 4) is 5.75 Å². The number of amides is 1. The Balaban J connectivity index is 1.31. The molecule has 1 amide bonds. The molecular formula is C24H19F3N2O4. The number of carboxylic acids is 1. The Labute approximate surface area is 186 Å². The van der Waals surface area contributed by atoms with Crippen LogP contribution in [-0.2, 0) is 22.4 Å². The number of halogens is 3. The van der Waals surface area contributed by atoms with E-state index in [1.807, 2.05) is 0 Å². The van der Waals surface area contributed by atoms with E-state index in [9.17, 15) is 27.9 Å². The zero-order chi connectivity index (χ0) is 23.4. The molecule has 1 aromatic heterocycles. The number of nitrogens with zero attached hydrogens (tertiary/aromatic N) is 1. The van der Waals surface area contributed by atoms with E-state index in [1.165, 1.54) is 6.07 Å². The zero-order valence-electron chi connectivity index (χ0n) is 17.2. The zero-order valence-corrected chi connectivity index (χ0v) is 17.2. The Morgan fingerprint density at radius 1 is 1.15 bits per heavy atom. The minimum absolute atomic E-state index is 0.0744. The molecule has 2 fully saturated rings. The molecule has 2 aromatic carbocycles. The number of alkyl halides is 3. The van der Waals surface area contributed by atoms with Gasteiger partial charge in [0.1, 0.15) is 18.1 Å². The van der Waals surface area contributed by atoms with E-state index in [0.717, 1.165) is 11.6 Å². The fraction of sp³-hybridized carbons (Fsp3) is 0.292. The lowest BCUT2D eigenvalue weighted by Gasteiger charge is -2.14. The number of pyridine rings is 1. The molecule has 3 aromatic rings. The van der Waals surface area contributed by atoms with Gasteiger partial charge in [-0.25, -0.2) is 4.98 Å². The summed E-state index contributed by atoms with van der Waals surface area (Å²) in [5.74, 6) is -1.36. The molecular weight excluding hydrogens is 437 g/mol. The Morgan fingerprint density at radius 2 is 1.88 bits per heavy atom. The summed E-state index contributed by atoms with van der Waals surface area (Å²) in [6, 6.07) is 14.2. The van der Waals surface area contributed by atoms with Crippen LogP contribution in [0.2, 0.25) is 0 Å². The molecule has 1 spiro atoms. The van der Waals surface area contributed by atoms with Crippen molar-refractivity contribution in [2.75, 3.05) is 0 Å². The van der Waals surface area contributed by atoms with Gasteiger partial charge in [0.05, 0.1) is 22.9 Å². The van der Waals surface area contributed by atoms with Gasteiger partial charge in [-0.2, -0.15) is 13.2 Å². The van der Waals surface area contributed by atoms with Crippen molar-refractivity contribution in [1.82, 2.24) is 10.3 Å². The van der Waals surface area contributed by atoms with Gasteiger partial charge in [0.2, 0.25) is 5.91 Å². The van der Waals surface area contributed by atoms with Crippen LogP contribution in [0, 0.1) is 11.3 Å². The number of carbonyl (C=O) groups excluding carboxylic acids is 1. The van der Waals surface area contributed by atoms with Gasteiger partial charge >= 0.3 is 12.1 Å². The van der Waals surface area contributed by atoms with Crippen LogP contribution >= 0.6 is 0 Å². The highest BCUT2D eigenvalue weighted by molar-refractivity contribution is 5.95. The molecule has 2 N–H and O–H groups in total. The van der Waals surface area contributed by atoms with E-state index in [1.54, 1.807) is 42.5 Å². The van der Waals surface area contributed by atoms with Crippen LogP contribution in [0.15, 0.2) is 54.6 Å². The lowest BCUT2D eigenvalue weighted by Crippen LogP contribution is -2.24. The Kier molecular flexibility index (Phi) is 4.81.